The molecule has 0 unspecified atom stereocenters. The summed E-state index contributed by atoms with van der Waals surface area (Å²) in [4.78, 5) is 33.0. The van der Waals surface area contributed by atoms with E-state index in [2.05, 4.69) is 29.9 Å². The Morgan fingerprint density at radius 1 is 0.960 bits per heavy atom. The van der Waals surface area contributed by atoms with Gasteiger partial charge in [0.15, 0.2) is 5.82 Å². The number of amides is 1. The Bertz CT molecular complexity index is 844. The molecule has 3 aromatic heterocycles. The fourth-order valence-electron chi connectivity index (χ4n) is 2.75. The van der Waals surface area contributed by atoms with Crippen molar-refractivity contribution in [2.75, 3.05) is 31.1 Å². The van der Waals surface area contributed by atoms with Gasteiger partial charge in [-0.15, -0.1) is 0 Å². The van der Waals surface area contributed by atoms with Crippen LogP contribution in [0.4, 0.5) is 5.82 Å². The second kappa shape index (κ2) is 6.63. The van der Waals surface area contributed by atoms with Crippen molar-refractivity contribution in [2.24, 2.45) is 0 Å². The lowest BCUT2D eigenvalue weighted by atomic mass is 10.2. The van der Waals surface area contributed by atoms with Crippen LogP contribution in [-0.4, -0.2) is 66.7 Å². The van der Waals surface area contributed by atoms with Crippen LogP contribution in [-0.2, 0) is 0 Å². The highest BCUT2D eigenvalue weighted by molar-refractivity contribution is 5.92. The van der Waals surface area contributed by atoms with Crippen LogP contribution in [0.1, 0.15) is 10.5 Å². The third kappa shape index (κ3) is 3.16. The smallest absolute Gasteiger partial charge is 0.274 e. The Hall–Kier alpha value is -3.36. The predicted octanol–water partition coefficient (Wildman–Crippen LogP) is 0.415. The minimum Gasteiger partial charge on any atom is -0.353 e. The van der Waals surface area contributed by atoms with E-state index in [0.29, 0.717) is 37.7 Å². The van der Waals surface area contributed by atoms with Gasteiger partial charge in [-0.3, -0.25) is 9.78 Å². The van der Waals surface area contributed by atoms with Crippen LogP contribution in [0, 0.1) is 0 Å². The number of hydrogen-bond donors (Lipinski definition) is 0. The summed E-state index contributed by atoms with van der Waals surface area (Å²) in [5.74, 6) is 1.45. The lowest BCUT2D eigenvalue weighted by molar-refractivity contribution is 0.0740. The average molecular weight is 336 g/mol. The second-order valence-corrected chi connectivity index (χ2v) is 5.55. The van der Waals surface area contributed by atoms with E-state index in [-0.39, 0.29) is 5.91 Å². The molecule has 1 saturated heterocycles. The Labute approximate surface area is 144 Å². The quantitative estimate of drug-likeness (QED) is 0.684. The molecule has 4 rings (SSSR count). The fourth-order valence-corrected chi connectivity index (χ4v) is 2.75. The molecule has 1 fully saturated rings. The minimum atomic E-state index is -0.0901. The molecule has 3 aromatic rings. The molecule has 9 heteroatoms. The molecule has 0 aliphatic carbocycles. The summed E-state index contributed by atoms with van der Waals surface area (Å²) in [6.07, 6.45) is 9.66. The molecule has 1 aliphatic rings. The fraction of sp³-hybridized carbons (Fsp3) is 0.250. The van der Waals surface area contributed by atoms with Gasteiger partial charge in [0.25, 0.3) is 5.91 Å². The van der Waals surface area contributed by atoms with Crippen molar-refractivity contribution in [3.63, 3.8) is 0 Å². The highest BCUT2D eigenvalue weighted by Gasteiger charge is 2.24. The van der Waals surface area contributed by atoms with Crippen LogP contribution in [0.15, 0.2) is 49.4 Å². The molecule has 25 heavy (non-hydrogen) atoms. The van der Waals surface area contributed by atoms with Gasteiger partial charge in [-0.25, -0.2) is 19.6 Å². The summed E-state index contributed by atoms with van der Waals surface area (Å²) < 4.78 is 1.69. The molecule has 0 bridgehead atoms. The normalized spacial score (nSPS) is 14.6. The van der Waals surface area contributed by atoms with Crippen LogP contribution in [0.3, 0.4) is 0 Å². The van der Waals surface area contributed by atoms with E-state index < -0.39 is 0 Å². The maximum atomic E-state index is 12.4. The summed E-state index contributed by atoms with van der Waals surface area (Å²) in [7, 11) is 0. The van der Waals surface area contributed by atoms with Crippen molar-refractivity contribution in [1.82, 2.24) is 34.6 Å². The number of aromatic nitrogens is 6. The molecule has 0 saturated carbocycles. The molecule has 126 valence electrons. The van der Waals surface area contributed by atoms with Crippen molar-refractivity contribution >= 4 is 11.7 Å². The third-order valence-corrected chi connectivity index (χ3v) is 4.05. The van der Waals surface area contributed by atoms with Crippen molar-refractivity contribution < 1.29 is 4.79 Å². The number of hydrogen-bond acceptors (Lipinski definition) is 7. The van der Waals surface area contributed by atoms with E-state index in [9.17, 15) is 4.79 Å². The summed E-state index contributed by atoms with van der Waals surface area (Å²) in [5, 5.41) is 4.18. The van der Waals surface area contributed by atoms with Crippen molar-refractivity contribution in [1.29, 1.82) is 0 Å². The van der Waals surface area contributed by atoms with E-state index in [1.165, 1.54) is 18.7 Å². The van der Waals surface area contributed by atoms with Gasteiger partial charge in [-0.05, 0) is 6.07 Å². The van der Waals surface area contributed by atoms with Gasteiger partial charge in [0.2, 0.25) is 0 Å². The van der Waals surface area contributed by atoms with Crippen LogP contribution in [0.2, 0.25) is 0 Å². The van der Waals surface area contributed by atoms with Gasteiger partial charge in [-0.1, -0.05) is 0 Å². The minimum absolute atomic E-state index is 0.0901. The molecular formula is C16H16N8O. The highest BCUT2D eigenvalue weighted by atomic mass is 16.2. The molecule has 0 aromatic carbocycles. The van der Waals surface area contributed by atoms with Gasteiger partial charge < -0.3 is 9.80 Å². The molecule has 9 nitrogen and oxygen atoms in total. The van der Waals surface area contributed by atoms with Crippen LogP contribution >= 0.6 is 0 Å². The maximum Gasteiger partial charge on any atom is 0.274 e. The first kappa shape index (κ1) is 15.2. The van der Waals surface area contributed by atoms with E-state index in [1.807, 2.05) is 18.3 Å². The summed E-state index contributed by atoms with van der Waals surface area (Å²) >= 11 is 0. The van der Waals surface area contributed by atoms with Gasteiger partial charge in [0.1, 0.15) is 17.8 Å². The summed E-state index contributed by atoms with van der Waals surface area (Å²) in [6, 6.07) is 3.74. The molecular weight excluding hydrogens is 320 g/mol. The highest BCUT2D eigenvalue weighted by Crippen LogP contribution is 2.16. The summed E-state index contributed by atoms with van der Waals surface area (Å²) in [5.41, 5.74) is 0.374. The van der Waals surface area contributed by atoms with Crippen molar-refractivity contribution in [2.45, 2.75) is 0 Å². The predicted molar refractivity (Wildman–Crippen MR) is 89.3 cm³/mol. The zero-order chi connectivity index (χ0) is 17.1. The maximum absolute atomic E-state index is 12.4. The van der Waals surface area contributed by atoms with Gasteiger partial charge >= 0.3 is 0 Å². The third-order valence-electron chi connectivity index (χ3n) is 4.05. The first-order valence-corrected chi connectivity index (χ1v) is 7.93. The molecule has 1 aliphatic heterocycles. The Morgan fingerprint density at radius 2 is 1.80 bits per heavy atom. The monoisotopic (exact) mass is 336 g/mol. The first-order chi connectivity index (χ1) is 12.3. The molecule has 0 N–H and O–H groups in total. The Balaban J connectivity index is 1.44. The lowest BCUT2D eigenvalue weighted by Crippen LogP contribution is -2.49. The molecule has 0 atom stereocenters. The number of piperazine rings is 1. The largest absolute Gasteiger partial charge is 0.353 e. The van der Waals surface area contributed by atoms with Crippen LogP contribution in [0.5, 0.6) is 0 Å². The SMILES string of the molecule is O=C(c1cnccn1)N1CCN(c2cc(-n3cccn3)ncn2)CC1. The number of rotatable bonds is 3. The van der Waals surface area contributed by atoms with E-state index in [4.69, 9.17) is 0 Å². The molecule has 0 radical (unpaired) electrons. The van der Waals surface area contributed by atoms with Gasteiger partial charge in [0, 0.05) is 57.0 Å². The van der Waals surface area contributed by atoms with Crippen molar-refractivity contribution in [3.05, 3.63) is 55.1 Å². The lowest BCUT2D eigenvalue weighted by Gasteiger charge is -2.35. The van der Waals surface area contributed by atoms with Crippen LogP contribution < -0.4 is 4.90 Å². The standard InChI is InChI=1S/C16H16N8O/c25-16(13-11-17-3-4-18-13)23-8-6-22(7-9-23)14-10-15(20-12-19-14)24-5-1-2-21-24/h1-5,10-12H,6-9H2. The number of carbonyl (C=O) groups excluding carboxylic acids is 1. The first-order valence-electron chi connectivity index (χ1n) is 7.93. The Kier molecular flexibility index (Phi) is 4.03. The topological polar surface area (TPSA) is 92.9 Å². The second-order valence-electron chi connectivity index (χ2n) is 5.55. The molecule has 0 spiro atoms. The Morgan fingerprint density at radius 3 is 2.52 bits per heavy atom. The number of nitrogens with zero attached hydrogens (tertiary/aromatic N) is 8. The van der Waals surface area contributed by atoms with E-state index in [1.54, 1.807) is 22.0 Å². The van der Waals surface area contributed by atoms with Gasteiger partial charge in [0.05, 0.1) is 6.20 Å². The number of anilines is 1. The zero-order valence-corrected chi connectivity index (χ0v) is 13.4. The number of carbonyl (C=O) groups is 1. The van der Waals surface area contributed by atoms with Crippen molar-refractivity contribution in [3.8, 4) is 5.82 Å². The molecule has 1 amide bonds. The average Bonchev–Trinajstić information content (AvgIpc) is 3.23. The zero-order valence-electron chi connectivity index (χ0n) is 13.4. The molecule has 4 heterocycles. The van der Waals surface area contributed by atoms with E-state index in [0.717, 1.165) is 5.82 Å². The van der Waals surface area contributed by atoms with Crippen LogP contribution in [0.25, 0.3) is 5.82 Å². The van der Waals surface area contributed by atoms with E-state index >= 15 is 0 Å². The van der Waals surface area contributed by atoms with Gasteiger partial charge in [-0.2, -0.15) is 5.10 Å². The summed E-state index contributed by atoms with van der Waals surface area (Å²) in [6.45, 7) is 2.61.